The Kier molecular flexibility index (Phi) is 4.65. The number of fused-ring (bicyclic) bond motifs is 2. The van der Waals surface area contributed by atoms with Gasteiger partial charge in [-0.2, -0.15) is 8.42 Å². The average Bonchev–Trinajstić information content (AvgIpc) is 3.24. The highest BCUT2D eigenvalue weighted by Crippen LogP contribution is 2.36. The van der Waals surface area contributed by atoms with Gasteiger partial charge in [0.05, 0.1) is 16.3 Å². The van der Waals surface area contributed by atoms with E-state index in [0.29, 0.717) is 17.1 Å². The Hall–Kier alpha value is -3.41. The van der Waals surface area contributed by atoms with E-state index in [9.17, 15) is 18.0 Å². The minimum absolute atomic E-state index is 0.000983. The first-order valence-electron chi connectivity index (χ1n) is 9.25. The van der Waals surface area contributed by atoms with Crippen molar-refractivity contribution in [2.75, 3.05) is 10.3 Å². The molecule has 2 aromatic heterocycles. The monoisotopic (exact) mass is 453 g/mol. The fourth-order valence-corrected chi connectivity index (χ4v) is 5.49. The lowest BCUT2D eigenvalue weighted by molar-refractivity contribution is -0.120. The quantitative estimate of drug-likeness (QED) is 0.581. The van der Waals surface area contributed by atoms with Gasteiger partial charge in [-0.05, 0) is 41.3 Å². The largest absolute Gasteiger partial charge is 0.341 e. The van der Waals surface area contributed by atoms with Gasteiger partial charge in [-0.15, -0.1) is 15.7 Å². The molecule has 9 nitrogen and oxygen atoms in total. The highest BCUT2D eigenvalue weighted by Gasteiger charge is 2.45. The third-order valence-corrected chi connectivity index (χ3v) is 7.22. The SMILES string of the molecule is O=C1c2sccc2N(NCc2ccncc2)C(=O)C1C1=NS(=O)(=O)c2ccccc2N1. The number of sulfonamides is 1. The van der Waals surface area contributed by atoms with E-state index < -0.39 is 27.6 Å². The van der Waals surface area contributed by atoms with Gasteiger partial charge < -0.3 is 5.32 Å². The van der Waals surface area contributed by atoms with Crippen LogP contribution in [-0.2, 0) is 21.4 Å². The molecule has 3 aromatic rings. The van der Waals surface area contributed by atoms with Gasteiger partial charge in [0.15, 0.2) is 11.7 Å². The van der Waals surface area contributed by atoms with Gasteiger partial charge in [0.1, 0.15) is 10.7 Å². The summed E-state index contributed by atoms with van der Waals surface area (Å²) in [6, 6.07) is 11.5. The number of ketones is 1. The first kappa shape index (κ1) is 19.5. The fraction of sp³-hybridized carbons (Fsp3) is 0.100. The van der Waals surface area contributed by atoms with E-state index in [-0.39, 0.29) is 16.4 Å². The molecule has 0 aliphatic carbocycles. The Morgan fingerprint density at radius 1 is 1.10 bits per heavy atom. The number of thiophene rings is 1. The van der Waals surface area contributed by atoms with Gasteiger partial charge in [0.2, 0.25) is 0 Å². The van der Waals surface area contributed by atoms with E-state index in [0.717, 1.165) is 5.56 Å². The molecule has 0 bridgehead atoms. The Morgan fingerprint density at radius 3 is 2.68 bits per heavy atom. The summed E-state index contributed by atoms with van der Waals surface area (Å²) in [6.45, 7) is 0.311. The standard InChI is InChI=1S/C20H15N5O4S2/c26-17-16(19-23-13-3-1-2-4-15(13)31(28,29)24-19)20(27)25(14-7-10-30-18(14)17)22-11-12-5-8-21-9-6-12/h1-10,16,22H,11H2,(H,23,24). The summed E-state index contributed by atoms with van der Waals surface area (Å²) in [5, 5.41) is 5.87. The lowest BCUT2D eigenvalue weighted by atomic mass is 9.95. The fourth-order valence-electron chi connectivity index (χ4n) is 3.49. The summed E-state index contributed by atoms with van der Waals surface area (Å²) in [6.07, 6.45) is 3.28. The molecule has 31 heavy (non-hydrogen) atoms. The molecule has 11 heteroatoms. The van der Waals surface area contributed by atoms with Crippen molar-refractivity contribution in [3.05, 3.63) is 70.7 Å². The Labute approximate surface area is 181 Å². The second-order valence-corrected chi connectivity index (χ2v) is 9.36. The predicted octanol–water partition coefficient (Wildman–Crippen LogP) is 2.21. The molecular weight excluding hydrogens is 438 g/mol. The molecule has 2 aliphatic rings. The van der Waals surface area contributed by atoms with Gasteiger partial charge in [0.25, 0.3) is 15.9 Å². The average molecular weight is 454 g/mol. The summed E-state index contributed by atoms with van der Waals surface area (Å²) < 4.78 is 29.1. The number of amidine groups is 1. The van der Waals surface area contributed by atoms with Crippen LogP contribution in [0.15, 0.2) is 69.5 Å². The molecule has 0 spiro atoms. The van der Waals surface area contributed by atoms with Crippen molar-refractivity contribution in [2.45, 2.75) is 11.4 Å². The number of hydrazine groups is 1. The smallest absolute Gasteiger partial charge is 0.286 e. The summed E-state index contributed by atoms with van der Waals surface area (Å²) in [5.41, 5.74) is 4.64. The maximum absolute atomic E-state index is 13.4. The summed E-state index contributed by atoms with van der Waals surface area (Å²) >= 11 is 1.19. The van der Waals surface area contributed by atoms with Crippen LogP contribution in [0, 0.1) is 5.92 Å². The number of nitrogens with zero attached hydrogens (tertiary/aromatic N) is 3. The lowest BCUT2D eigenvalue weighted by Crippen LogP contribution is -2.54. The number of carbonyl (C=O) groups excluding carboxylic acids is 2. The number of rotatable bonds is 4. The van der Waals surface area contributed by atoms with Gasteiger partial charge in [-0.1, -0.05) is 12.1 Å². The number of para-hydroxylation sites is 1. The third-order valence-electron chi connectivity index (χ3n) is 4.95. The predicted molar refractivity (Wildman–Crippen MR) is 115 cm³/mol. The van der Waals surface area contributed by atoms with Crippen molar-refractivity contribution in [3.8, 4) is 0 Å². The molecule has 1 aromatic carbocycles. The zero-order valence-corrected chi connectivity index (χ0v) is 17.5. The van der Waals surface area contributed by atoms with Gasteiger partial charge >= 0.3 is 0 Å². The Bertz CT molecular complexity index is 1330. The molecule has 5 rings (SSSR count). The minimum atomic E-state index is -4.05. The number of benzene rings is 1. The van der Waals surface area contributed by atoms with Crippen molar-refractivity contribution in [3.63, 3.8) is 0 Å². The number of carbonyl (C=O) groups is 2. The number of anilines is 2. The molecular formula is C20H15N5O4S2. The van der Waals surface area contributed by atoms with E-state index in [1.54, 1.807) is 54.2 Å². The second kappa shape index (κ2) is 7.38. The summed E-state index contributed by atoms with van der Waals surface area (Å²) in [5.74, 6) is -2.70. The van der Waals surface area contributed by atoms with E-state index in [1.807, 2.05) is 0 Å². The Balaban J connectivity index is 1.52. The molecule has 1 unspecified atom stereocenters. The van der Waals surface area contributed by atoms with Crippen molar-refractivity contribution in [2.24, 2.45) is 10.3 Å². The number of hydrogen-bond acceptors (Lipinski definition) is 8. The molecule has 1 amide bonds. The number of pyridine rings is 1. The van der Waals surface area contributed by atoms with Crippen LogP contribution in [0.5, 0.6) is 0 Å². The molecule has 0 saturated heterocycles. The summed E-state index contributed by atoms with van der Waals surface area (Å²) in [7, 11) is -4.05. The van der Waals surface area contributed by atoms with E-state index in [1.165, 1.54) is 22.4 Å². The Morgan fingerprint density at radius 2 is 1.87 bits per heavy atom. The third kappa shape index (κ3) is 3.32. The van der Waals surface area contributed by atoms with Crippen LogP contribution in [0.3, 0.4) is 0 Å². The van der Waals surface area contributed by atoms with E-state index in [2.05, 4.69) is 20.1 Å². The molecule has 4 heterocycles. The van der Waals surface area contributed by atoms with Crippen LogP contribution in [0.2, 0.25) is 0 Å². The number of aromatic nitrogens is 1. The number of Topliss-reactive ketones (excluding diaryl/α,β-unsaturated/α-hetero) is 1. The van der Waals surface area contributed by atoms with Crippen LogP contribution in [-0.4, -0.2) is 30.9 Å². The van der Waals surface area contributed by atoms with Crippen LogP contribution < -0.4 is 15.8 Å². The highest BCUT2D eigenvalue weighted by molar-refractivity contribution is 7.90. The van der Waals surface area contributed by atoms with Crippen LogP contribution >= 0.6 is 11.3 Å². The maximum atomic E-state index is 13.4. The minimum Gasteiger partial charge on any atom is -0.341 e. The highest BCUT2D eigenvalue weighted by atomic mass is 32.2. The van der Waals surface area contributed by atoms with Crippen LogP contribution in [0.4, 0.5) is 11.4 Å². The normalized spacial score (nSPS) is 19.3. The molecule has 156 valence electrons. The number of nitrogens with one attached hydrogen (secondary N) is 2. The van der Waals surface area contributed by atoms with Gasteiger partial charge in [0, 0.05) is 18.9 Å². The van der Waals surface area contributed by atoms with Gasteiger partial charge in [-0.3, -0.25) is 14.6 Å². The summed E-state index contributed by atoms with van der Waals surface area (Å²) in [4.78, 5) is 30.8. The zero-order chi connectivity index (χ0) is 21.6. The zero-order valence-electron chi connectivity index (χ0n) is 15.8. The topological polar surface area (TPSA) is 121 Å². The van der Waals surface area contributed by atoms with Crippen molar-refractivity contribution in [1.82, 2.24) is 10.4 Å². The molecule has 0 saturated carbocycles. The molecule has 2 N–H and O–H groups in total. The van der Waals surface area contributed by atoms with E-state index in [4.69, 9.17) is 0 Å². The first-order chi connectivity index (χ1) is 15.0. The van der Waals surface area contributed by atoms with Crippen LogP contribution in [0.1, 0.15) is 15.2 Å². The van der Waals surface area contributed by atoms with Crippen molar-refractivity contribution >= 4 is 50.3 Å². The van der Waals surface area contributed by atoms with Crippen molar-refractivity contribution in [1.29, 1.82) is 0 Å². The molecule has 1 atom stereocenters. The molecule has 0 fully saturated rings. The maximum Gasteiger partial charge on any atom is 0.286 e. The van der Waals surface area contributed by atoms with Gasteiger partial charge in [-0.25, -0.2) is 10.4 Å². The van der Waals surface area contributed by atoms with E-state index >= 15 is 0 Å². The first-order valence-corrected chi connectivity index (χ1v) is 11.6. The van der Waals surface area contributed by atoms with Crippen molar-refractivity contribution < 1.29 is 18.0 Å². The number of hydrogen-bond donors (Lipinski definition) is 2. The lowest BCUT2D eigenvalue weighted by Gasteiger charge is -2.33. The second-order valence-electron chi connectivity index (χ2n) is 6.87. The molecule has 2 aliphatic heterocycles. The number of amides is 1. The molecule has 0 radical (unpaired) electrons. The van der Waals surface area contributed by atoms with Crippen LogP contribution in [0.25, 0.3) is 0 Å².